The normalized spacial score (nSPS) is 9.92. The molecule has 0 aromatic rings. The van der Waals surface area contributed by atoms with E-state index in [2.05, 4.69) is 18.8 Å². The van der Waals surface area contributed by atoms with Crippen molar-refractivity contribution < 1.29 is 9.90 Å². The standard InChI is InChI=1S/C10H19NO2/c1-3-11-8-6-4-5-7-9(2)10(12)13/h11H,2-8H2,1H3,(H,12,13). The Morgan fingerprint density at radius 1 is 1.38 bits per heavy atom. The number of carboxylic acids is 1. The molecule has 0 saturated carbocycles. The lowest BCUT2D eigenvalue weighted by atomic mass is 10.1. The van der Waals surface area contributed by atoms with Gasteiger partial charge >= 0.3 is 5.97 Å². The van der Waals surface area contributed by atoms with Crippen LogP contribution >= 0.6 is 0 Å². The predicted octanol–water partition coefficient (Wildman–Crippen LogP) is 1.80. The van der Waals surface area contributed by atoms with Crippen molar-refractivity contribution in [2.45, 2.75) is 32.6 Å². The Hall–Kier alpha value is -0.830. The lowest BCUT2D eigenvalue weighted by molar-refractivity contribution is -0.132. The van der Waals surface area contributed by atoms with Crippen LogP contribution in [0.25, 0.3) is 0 Å². The van der Waals surface area contributed by atoms with Crippen LogP contribution in [0.2, 0.25) is 0 Å². The van der Waals surface area contributed by atoms with Gasteiger partial charge in [0.1, 0.15) is 0 Å². The Morgan fingerprint density at radius 2 is 2.08 bits per heavy atom. The van der Waals surface area contributed by atoms with Crippen molar-refractivity contribution in [2.24, 2.45) is 0 Å². The fourth-order valence-electron chi connectivity index (χ4n) is 1.05. The third-order valence-corrected chi connectivity index (χ3v) is 1.88. The molecule has 2 N–H and O–H groups in total. The van der Waals surface area contributed by atoms with Gasteiger partial charge in [0.2, 0.25) is 0 Å². The third kappa shape index (κ3) is 7.53. The van der Waals surface area contributed by atoms with E-state index in [0.29, 0.717) is 12.0 Å². The molecule has 13 heavy (non-hydrogen) atoms. The van der Waals surface area contributed by atoms with E-state index in [1.807, 2.05) is 0 Å². The molecule has 0 aliphatic heterocycles. The zero-order valence-electron chi connectivity index (χ0n) is 8.31. The van der Waals surface area contributed by atoms with Crippen molar-refractivity contribution in [2.75, 3.05) is 13.1 Å². The van der Waals surface area contributed by atoms with Crippen LogP contribution in [-0.2, 0) is 4.79 Å². The molecule has 0 aliphatic rings. The van der Waals surface area contributed by atoms with Crippen LogP contribution in [0.1, 0.15) is 32.6 Å². The van der Waals surface area contributed by atoms with Gasteiger partial charge in [-0.2, -0.15) is 0 Å². The molecule has 0 aliphatic carbocycles. The molecule has 0 aromatic heterocycles. The zero-order chi connectivity index (χ0) is 10.1. The summed E-state index contributed by atoms with van der Waals surface area (Å²) in [6.07, 6.45) is 3.72. The van der Waals surface area contributed by atoms with Gasteiger partial charge in [0.05, 0.1) is 0 Å². The van der Waals surface area contributed by atoms with Gasteiger partial charge in [-0.3, -0.25) is 0 Å². The topological polar surface area (TPSA) is 49.3 Å². The lowest BCUT2D eigenvalue weighted by Gasteiger charge is -2.01. The minimum absolute atomic E-state index is 0.323. The molecule has 0 saturated heterocycles. The number of rotatable bonds is 8. The van der Waals surface area contributed by atoms with Crippen LogP contribution in [-0.4, -0.2) is 24.2 Å². The molecule has 3 nitrogen and oxygen atoms in total. The van der Waals surface area contributed by atoms with E-state index < -0.39 is 5.97 Å². The first-order valence-corrected chi connectivity index (χ1v) is 4.80. The molecule has 0 fully saturated rings. The van der Waals surface area contributed by atoms with Gasteiger partial charge in [-0.1, -0.05) is 19.9 Å². The Morgan fingerprint density at radius 3 is 2.62 bits per heavy atom. The number of carbonyl (C=O) groups is 1. The molecule has 3 heteroatoms. The number of aliphatic carboxylic acids is 1. The van der Waals surface area contributed by atoms with E-state index in [9.17, 15) is 4.79 Å². The lowest BCUT2D eigenvalue weighted by Crippen LogP contribution is -2.13. The molecule has 0 unspecified atom stereocenters. The molecule has 0 bridgehead atoms. The molecule has 76 valence electrons. The fourth-order valence-corrected chi connectivity index (χ4v) is 1.05. The monoisotopic (exact) mass is 185 g/mol. The summed E-state index contributed by atoms with van der Waals surface area (Å²) in [6.45, 7) is 7.57. The summed E-state index contributed by atoms with van der Waals surface area (Å²) >= 11 is 0. The van der Waals surface area contributed by atoms with E-state index in [1.165, 1.54) is 0 Å². The average molecular weight is 185 g/mol. The quantitative estimate of drug-likeness (QED) is 0.448. The van der Waals surface area contributed by atoms with Crippen LogP contribution < -0.4 is 5.32 Å². The van der Waals surface area contributed by atoms with E-state index in [0.717, 1.165) is 32.4 Å². The number of unbranched alkanes of at least 4 members (excludes halogenated alkanes) is 2. The van der Waals surface area contributed by atoms with E-state index in [-0.39, 0.29) is 0 Å². The largest absolute Gasteiger partial charge is 0.478 e. The van der Waals surface area contributed by atoms with E-state index in [4.69, 9.17) is 5.11 Å². The van der Waals surface area contributed by atoms with Gasteiger partial charge in [0, 0.05) is 5.57 Å². The highest BCUT2D eigenvalue weighted by atomic mass is 16.4. The molecule has 0 aromatic carbocycles. The maximum atomic E-state index is 10.4. The Kier molecular flexibility index (Phi) is 7.30. The van der Waals surface area contributed by atoms with Crippen molar-refractivity contribution in [3.8, 4) is 0 Å². The van der Waals surface area contributed by atoms with Gasteiger partial charge in [-0.15, -0.1) is 0 Å². The van der Waals surface area contributed by atoms with Crippen molar-refractivity contribution in [1.29, 1.82) is 0 Å². The first-order chi connectivity index (χ1) is 6.18. The summed E-state index contributed by atoms with van der Waals surface area (Å²) in [7, 11) is 0. The number of nitrogens with one attached hydrogen (secondary N) is 1. The second-order valence-corrected chi connectivity index (χ2v) is 3.07. The Balaban J connectivity index is 3.16. The van der Waals surface area contributed by atoms with Crippen LogP contribution in [0, 0.1) is 0 Å². The first kappa shape index (κ1) is 12.2. The van der Waals surface area contributed by atoms with Crippen molar-refractivity contribution >= 4 is 5.97 Å². The highest BCUT2D eigenvalue weighted by Gasteiger charge is 2.02. The van der Waals surface area contributed by atoms with Crippen molar-refractivity contribution in [1.82, 2.24) is 5.32 Å². The van der Waals surface area contributed by atoms with Gasteiger partial charge in [-0.25, -0.2) is 4.79 Å². The smallest absolute Gasteiger partial charge is 0.330 e. The second kappa shape index (κ2) is 7.80. The molecule has 0 spiro atoms. The molecule has 0 rings (SSSR count). The third-order valence-electron chi connectivity index (χ3n) is 1.88. The van der Waals surface area contributed by atoms with Gasteiger partial charge in [-0.05, 0) is 32.4 Å². The van der Waals surface area contributed by atoms with Crippen LogP contribution in [0.3, 0.4) is 0 Å². The fraction of sp³-hybridized carbons (Fsp3) is 0.700. The van der Waals surface area contributed by atoms with Crippen molar-refractivity contribution in [3.05, 3.63) is 12.2 Å². The van der Waals surface area contributed by atoms with Crippen LogP contribution in [0.5, 0.6) is 0 Å². The van der Waals surface area contributed by atoms with Crippen molar-refractivity contribution in [3.63, 3.8) is 0 Å². The summed E-state index contributed by atoms with van der Waals surface area (Å²) < 4.78 is 0. The SMILES string of the molecule is C=C(CCCCCNCC)C(=O)O. The summed E-state index contributed by atoms with van der Waals surface area (Å²) in [6, 6.07) is 0. The average Bonchev–Trinajstić information content (AvgIpc) is 2.10. The second-order valence-electron chi connectivity index (χ2n) is 3.07. The molecule has 0 amide bonds. The summed E-state index contributed by atoms with van der Waals surface area (Å²) in [5.74, 6) is -0.869. The molecular weight excluding hydrogens is 166 g/mol. The Labute approximate surface area is 79.8 Å². The minimum atomic E-state index is -0.869. The van der Waals surface area contributed by atoms with E-state index in [1.54, 1.807) is 0 Å². The maximum Gasteiger partial charge on any atom is 0.330 e. The van der Waals surface area contributed by atoms with Crippen LogP contribution in [0.4, 0.5) is 0 Å². The predicted molar refractivity (Wildman–Crippen MR) is 53.8 cm³/mol. The highest BCUT2D eigenvalue weighted by molar-refractivity contribution is 5.85. The molecule has 0 radical (unpaired) electrons. The van der Waals surface area contributed by atoms with Gasteiger partial charge < -0.3 is 10.4 Å². The highest BCUT2D eigenvalue weighted by Crippen LogP contribution is 2.06. The van der Waals surface area contributed by atoms with Gasteiger partial charge in [0.25, 0.3) is 0 Å². The number of hydrogen-bond donors (Lipinski definition) is 2. The first-order valence-electron chi connectivity index (χ1n) is 4.80. The summed E-state index contributed by atoms with van der Waals surface area (Å²) in [5, 5.41) is 11.7. The number of hydrogen-bond acceptors (Lipinski definition) is 2. The number of carboxylic acid groups (broad SMARTS) is 1. The maximum absolute atomic E-state index is 10.4. The summed E-state index contributed by atoms with van der Waals surface area (Å²) in [5.41, 5.74) is 0.323. The molecule has 0 atom stereocenters. The van der Waals surface area contributed by atoms with E-state index >= 15 is 0 Å². The zero-order valence-corrected chi connectivity index (χ0v) is 8.31. The van der Waals surface area contributed by atoms with Crippen LogP contribution in [0.15, 0.2) is 12.2 Å². The summed E-state index contributed by atoms with van der Waals surface area (Å²) in [4.78, 5) is 10.4. The van der Waals surface area contributed by atoms with Gasteiger partial charge in [0.15, 0.2) is 0 Å². The minimum Gasteiger partial charge on any atom is -0.478 e. The Bertz CT molecular complexity index is 166. The molecule has 0 heterocycles. The molecular formula is C10H19NO2.